The van der Waals surface area contributed by atoms with E-state index in [0.717, 1.165) is 19.6 Å². The molecular weight excluding hydrogens is 381 g/mol. The minimum atomic E-state index is 0.557. The van der Waals surface area contributed by atoms with Crippen LogP contribution >= 0.6 is 38.5 Å². The Morgan fingerprint density at radius 2 is 1.88 bits per heavy atom. The van der Waals surface area contributed by atoms with Gasteiger partial charge in [-0.1, -0.05) is 30.3 Å². The molecule has 2 nitrogen and oxygen atoms in total. The van der Waals surface area contributed by atoms with Gasteiger partial charge in [-0.15, -0.1) is 0 Å². The Bertz CT molecular complexity index is 476. The molecule has 0 atom stereocenters. The highest BCUT2D eigenvalue weighted by Crippen LogP contribution is 2.24. The molecule has 0 bridgehead atoms. The molecule has 1 heterocycles. The molecule has 82 valence electrons. The molecule has 0 aliphatic heterocycles. The van der Waals surface area contributed by atoms with Gasteiger partial charge in [-0.3, -0.25) is 0 Å². The van der Waals surface area contributed by atoms with Crippen LogP contribution in [-0.2, 0) is 6.61 Å². The van der Waals surface area contributed by atoms with Gasteiger partial charge in [0.15, 0.2) is 5.75 Å². The zero-order chi connectivity index (χ0) is 11.4. The van der Waals surface area contributed by atoms with Crippen LogP contribution in [0.15, 0.2) is 47.1 Å². The second kappa shape index (κ2) is 5.63. The lowest BCUT2D eigenvalue weighted by molar-refractivity contribution is 0.302. The Morgan fingerprint density at radius 3 is 2.56 bits per heavy atom. The van der Waals surface area contributed by atoms with E-state index in [9.17, 15) is 0 Å². The third kappa shape index (κ3) is 3.18. The maximum absolute atomic E-state index is 5.67. The average Bonchev–Trinajstić information content (AvgIpc) is 2.29. The molecule has 4 heteroatoms. The molecule has 0 radical (unpaired) electrons. The predicted octanol–water partition coefficient (Wildman–Crippen LogP) is 4.03. The van der Waals surface area contributed by atoms with Crippen molar-refractivity contribution in [2.45, 2.75) is 6.61 Å². The second-order valence-electron chi connectivity index (χ2n) is 3.20. The maximum atomic E-state index is 5.67. The summed E-state index contributed by atoms with van der Waals surface area (Å²) in [5, 5.41) is 0. The van der Waals surface area contributed by atoms with Crippen molar-refractivity contribution in [2.75, 3.05) is 0 Å². The minimum Gasteiger partial charge on any atom is -0.486 e. The summed E-state index contributed by atoms with van der Waals surface area (Å²) < 4.78 is 7.35. The van der Waals surface area contributed by atoms with E-state index in [1.165, 1.54) is 0 Å². The summed E-state index contributed by atoms with van der Waals surface area (Å²) in [6, 6.07) is 13.9. The number of rotatable bonds is 3. The van der Waals surface area contributed by atoms with E-state index < -0.39 is 0 Å². The molecule has 2 aromatic rings. The van der Waals surface area contributed by atoms with E-state index >= 15 is 0 Å². The Hall–Kier alpha value is -0.620. The van der Waals surface area contributed by atoms with Gasteiger partial charge in [-0.2, -0.15) is 0 Å². The van der Waals surface area contributed by atoms with E-state index in [-0.39, 0.29) is 0 Å². The van der Waals surface area contributed by atoms with Crippen molar-refractivity contribution in [1.82, 2.24) is 4.98 Å². The number of aromatic nitrogens is 1. The number of ether oxygens (including phenoxy) is 1. The van der Waals surface area contributed by atoms with Gasteiger partial charge >= 0.3 is 0 Å². The summed E-state index contributed by atoms with van der Waals surface area (Å²) in [5.41, 5.74) is 1.15. The van der Waals surface area contributed by atoms with Crippen LogP contribution in [0.3, 0.4) is 0 Å². The zero-order valence-corrected chi connectivity index (χ0v) is 12.1. The summed E-state index contributed by atoms with van der Waals surface area (Å²) >= 11 is 5.55. The molecule has 0 aliphatic carbocycles. The fourth-order valence-electron chi connectivity index (χ4n) is 1.24. The normalized spacial score (nSPS) is 10.1. The predicted molar refractivity (Wildman–Crippen MR) is 75.4 cm³/mol. The van der Waals surface area contributed by atoms with Crippen LogP contribution in [0.2, 0.25) is 0 Å². The Kier molecular flexibility index (Phi) is 4.17. The van der Waals surface area contributed by atoms with Crippen LogP contribution in [0.5, 0.6) is 5.75 Å². The highest BCUT2D eigenvalue weighted by atomic mass is 127. The fourth-order valence-corrected chi connectivity index (χ4v) is 2.43. The van der Waals surface area contributed by atoms with Gasteiger partial charge in [0.25, 0.3) is 0 Å². The van der Waals surface area contributed by atoms with Crippen molar-refractivity contribution in [3.8, 4) is 5.75 Å². The number of halogens is 2. The first-order valence-corrected chi connectivity index (χ1v) is 6.61. The van der Waals surface area contributed by atoms with Gasteiger partial charge in [0, 0.05) is 0 Å². The summed E-state index contributed by atoms with van der Waals surface area (Å²) in [7, 11) is 0. The van der Waals surface area contributed by atoms with Gasteiger partial charge in [0.1, 0.15) is 14.9 Å². The van der Waals surface area contributed by atoms with Gasteiger partial charge in [0.05, 0.1) is 0 Å². The van der Waals surface area contributed by atoms with Crippen molar-refractivity contribution in [1.29, 1.82) is 0 Å². The zero-order valence-electron chi connectivity index (χ0n) is 8.36. The third-order valence-corrected chi connectivity index (χ3v) is 3.19. The molecule has 1 aromatic carbocycles. The lowest BCUT2D eigenvalue weighted by Gasteiger charge is -2.07. The summed E-state index contributed by atoms with van der Waals surface area (Å²) in [4.78, 5) is 4.26. The number of hydrogen-bond donors (Lipinski definition) is 0. The lowest BCUT2D eigenvalue weighted by Crippen LogP contribution is -1.97. The molecular formula is C12H9BrINO. The van der Waals surface area contributed by atoms with Crippen LogP contribution in [0, 0.1) is 3.70 Å². The highest BCUT2D eigenvalue weighted by molar-refractivity contribution is 14.1. The third-order valence-electron chi connectivity index (χ3n) is 2.02. The van der Waals surface area contributed by atoms with E-state index in [4.69, 9.17) is 4.74 Å². The lowest BCUT2D eigenvalue weighted by atomic mass is 10.2. The summed E-state index contributed by atoms with van der Waals surface area (Å²) in [5.74, 6) is 0.768. The first-order valence-electron chi connectivity index (χ1n) is 4.74. The highest BCUT2D eigenvalue weighted by Gasteiger charge is 2.03. The fraction of sp³-hybridized carbons (Fsp3) is 0.0833. The molecule has 1 aromatic heterocycles. The van der Waals surface area contributed by atoms with Crippen LogP contribution < -0.4 is 4.74 Å². The first-order chi connectivity index (χ1) is 7.75. The van der Waals surface area contributed by atoms with E-state index in [1.807, 2.05) is 42.5 Å². The molecule has 2 rings (SSSR count). The van der Waals surface area contributed by atoms with Crippen LogP contribution in [0.4, 0.5) is 0 Å². The largest absolute Gasteiger partial charge is 0.486 e. The molecule has 0 fully saturated rings. The van der Waals surface area contributed by atoms with Gasteiger partial charge in [-0.25, -0.2) is 4.98 Å². The van der Waals surface area contributed by atoms with Crippen LogP contribution in [-0.4, -0.2) is 4.98 Å². The topological polar surface area (TPSA) is 22.1 Å². The average molecular weight is 390 g/mol. The quantitative estimate of drug-likeness (QED) is 0.584. The van der Waals surface area contributed by atoms with E-state index in [0.29, 0.717) is 6.61 Å². The van der Waals surface area contributed by atoms with E-state index in [1.54, 1.807) is 0 Å². The molecule has 0 saturated heterocycles. The number of pyridine rings is 1. The molecule has 0 N–H and O–H groups in total. The molecule has 0 amide bonds. The van der Waals surface area contributed by atoms with E-state index in [2.05, 4.69) is 43.5 Å². The Balaban J connectivity index is 2.05. The smallest absolute Gasteiger partial charge is 0.152 e. The number of nitrogens with zero attached hydrogens (tertiary/aromatic N) is 1. The summed E-state index contributed by atoms with van der Waals surface area (Å²) in [6.45, 7) is 0.557. The SMILES string of the molecule is Brc1nc(I)ccc1OCc1ccccc1. The monoisotopic (exact) mass is 389 g/mol. The van der Waals surface area contributed by atoms with Gasteiger partial charge < -0.3 is 4.74 Å². The van der Waals surface area contributed by atoms with Crippen molar-refractivity contribution >= 4 is 38.5 Å². The van der Waals surface area contributed by atoms with Gasteiger partial charge in [-0.05, 0) is 56.2 Å². The van der Waals surface area contributed by atoms with Crippen LogP contribution in [0.25, 0.3) is 0 Å². The Labute approximate surface area is 116 Å². The molecule has 0 unspecified atom stereocenters. The van der Waals surface area contributed by atoms with Crippen molar-refractivity contribution < 1.29 is 4.74 Å². The summed E-state index contributed by atoms with van der Waals surface area (Å²) in [6.07, 6.45) is 0. The molecule has 16 heavy (non-hydrogen) atoms. The Morgan fingerprint density at radius 1 is 1.12 bits per heavy atom. The second-order valence-corrected chi connectivity index (χ2v) is 5.05. The number of benzene rings is 1. The first kappa shape index (κ1) is 11.9. The number of hydrogen-bond acceptors (Lipinski definition) is 2. The van der Waals surface area contributed by atoms with Gasteiger partial charge in [0.2, 0.25) is 0 Å². The molecule has 0 saturated carbocycles. The molecule has 0 aliphatic rings. The van der Waals surface area contributed by atoms with Crippen molar-refractivity contribution in [3.05, 3.63) is 56.3 Å². The standard InChI is InChI=1S/C12H9BrINO/c13-12-10(6-7-11(14)15-12)16-8-9-4-2-1-3-5-9/h1-7H,8H2. The maximum Gasteiger partial charge on any atom is 0.152 e. The molecule has 0 spiro atoms. The van der Waals surface area contributed by atoms with Crippen molar-refractivity contribution in [3.63, 3.8) is 0 Å². The van der Waals surface area contributed by atoms with Crippen molar-refractivity contribution in [2.24, 2.45) is 0 Å². The minimum absolute atomic E-state index is 0.557. The van der Waals surface area contributed by atoms with Crippen LogP contribution in [0.1, 0.15) is 5.56 Å².